The van der Waals surface area contributed by atoms with Crippen molar-refractivity contribution in [3.63, 3.8) is 0 Å². The number of hydrogen-bond acceptors (Lipinski definition) is 4. The van der Waals surface area contributed by atoms with E-state index < -0.39 is 5.97 Å². The van der Waals surface area contributed by atoms with Crippen molar-refractivity contribution < 1.29 is 19.4 Å². The van der Waals surface area contributed by atoms with Gasteiger partial charge in [-0.2, -0.15) is 0 Å². The minimum atomic E-state index is -0.971. The van der Waals surface area contributed by atoms with E-state index >= 15 is 0 Å². The summed E-state index contributed by atoms with van der Waals surface area (Å²) in [5.74, 6) is -0.548. The lowest BCUT2D eigenvalue weighted by molar-refractivity contribution is -0.0311. The van der Waals surface area contributed by atoms with Crippen LogP contribution >= 0.6 is 0 Å². The highest BCUT2D eigenvalue weighted by Crippen LogP contribution is 2.32. The van der Waals surface area contributed by atoms with E-state index in [-0.39, 0.29) is 24.3 Å². The fourth-order valence-electron chi connectivity index (χ4n) is 4.71. The molecule has 2 bridgehead atoms. The maximum absolute atomic E-state index is 13.4. The lowest BCUT2D eigenvalue weighted by atomic mass is 9.86. The van der Waals surface area contributed by atoms with Gasteiger partial charge in [0.1, 0.15) is 6.10 Å². The van der Waals surface area contributed by atoms with Crippen molar-refractivity contribution in [3.8, 4) is 0 Å². The number of fused-ring (bicyclic) bond motifs is 4. The van der Waals surface area contributed by atoms with Crippen LogP contribution in [-0.2, 0) is 11.3 Å². The van der Waals surface area contributed by atoms with Crippen LogP contribution in [0.1, 0.15) is 28.8 Å². The van der Waals surface area contributed by atoms with Crippen molar-refractivity contribution in [3.05, 3.63) is 65.9 Å². The molecule has 3 aliphatic heterocycles. The molecule has 160 valence electrons. The van der Waals surface area contributed by atoms with Crippen LogP contribution in [0.4, 0.5) is 10.5 Å². The van der Waals surface area contributed by atoms with E-state index in [0.29, 0.717) is 5.92 Å². The Labute approximate surface area is 180 Å². The van der Waals surface area contributed by atoms with Crippen molar-refractivity contribution in [1.29, 1.82) is 0 Å². The number of aromatic amines is 1. The van der Waals surface area contributed by atoms with Crippen LogP contribution in [0.15, 0.2) is 54.7 Å². The first-order valence-electron chi connectivity index (χ1n) is 10.7. The number of amides is 1. The van der Waals surface area contributed by atoms with Crippen LogP contribution < -0.4 is 4.90 Å². The number of carbonyl (C=O) groups excluding carboxylic acids is 1. The number of benzene rings is 2. The molecule has 2 N–H and O–H groups in total. The first-order valence-corrected chi connectivity index (χ1v) is 10.7. The molecule has 2 aromatic carbocycles. The number of rotatable bonds is 5. The topological polar surface area (TPSA) is 85.9 Å². The summed E-state index contributed by atoms with van der Waals surface area (Å²) in [5, 5.41) is 10.2. The standard InChI is InChI=1S/C24H25N3O4/c28-23(29)19-6-4-16(5-7-19)14-27(20-3-1-2-18-8-11-25-22(18)20)24(30)31-21-15-26-12-9-17(21)10-13-26/h1-8,11,17,21,25H,9-10,12-15H2,(H,28,29)/t21-/m0/s1. The predicted octanol–water partition coefficient (Wildman–Crippen LogP) is 4.10. The third kappa shape index (κ3) is 3.88. The van der Waals surface area contributed by atoms with Gasteiger partial charge in [0.15, 0.2) is 0 Å². The van der Waals surface area contributed by atoms with Crippen molar-refractivity contribution in [2.24, 2.45) is 5.92 Å². The summed E-state index contributed by atoms with van der Waals surface area (Å²) in [5.41, 5.74) is 2.67. The van der Waals surface area contributed by atoms with Gasteiger partial charge in [0.05, 0.1) is 23.3 Å². The number of hydrogen-bond donors (Lipinski definition) is 2. The van der Waals surface area contributed by atoms with E-state index in [2.05, 4.69) is 9.88 Å². The first-order chi connectivity index (χ1) is 15.1. The molecule has 3 aliphatic rings. The predicted molar refractivity (Wildman–Crippen MR) is 117 cm³/mol. The number of carboxylic acids is 1. The summed E-state index contributed by atoms with van der Waals surface area (Å²) < 4.78 is 6.04. The molecule has 3 saturated heterocycles. The number of carbonyl (C=O) groups is 2. The van der Waals surface area contributed by atoms with Gasteiger partial charge in [-0.3, -0.25) is 9.80 Å². The second-order valence-electron chi connectivity index (χ2n) is 8.37. The molecular formula is C24H25N3O4. The van der Waals surface area contributed by atoms with Crippen molar-refractivity contribution in [2.45, 2.75) is 25.5 Å². The number of anilines is 1. The van der Waals surface area contributed by atoms with Gasteiger partial charge in [-0.15, -0.1) is 0 Å². The number of carboxylic acid groups (broad SMARTS) is 1. The Kier molecular flexibility index (Phi) is 5.11. The highest BCUT2D eigenvalue weighted by atomic mass is 16.6. The van der Waals surface area contributed by atoms with Crippen molar-refractivity contribution in [1.82, 2.24) is 9.88 Å². The van der Waals surface area contributed by atoms with Gasteiger partial charge in [-0.1, -0.05) is 24.3 Å². The lowest BCUT2D eigenvalue weighted by Crippen LogP contribution is -2.53. The minimum Gasteiger partial charge on any atom is -0.478 e. The molecule has 7 heteroatoms. The van der Waals surface area contributed by atoms with Gasteiger partial charge in [-0.25, -0.2) is 9.59 Å². The van der Waals surface area contributed by atoms with E-state index in [1.54, 1.807) is 29.2 Å². The molecule has 0 aliphatic carbocycles. The van der Waals surface area contributed by atoms with E-state index in [1.807, 2.05) is 30.5 Å². The Morgan fingerprint density at radius 1 is 1.10 bits per heavy atom. The van der Waals surface area contributed by atoms with Crippen LogP contribution in [0.25, 0.3) is 10.9 Å². The number of nitrogens with one attached hydrogen (secondary N) is 1. The summed E-state index contributed by atoms with van der Waals surface area (Å²) in [6, 6.07) is 14.4. The number of aromatic nitrogens is 1. The number of nitrogens with zero attached hydrogens (tertiary/aromatic N) is 2. The molecule has 1 amide bonds. The maximum atomic E-state index is 13.4. The summed E-state index contributed by atoms with van der Waals surface area (Å²) in [6.07, 6.45) is 3.53. The zero-order valence-corrected chi connectivity index (χ0v) is 17.2. The van der Waals surface area contributed by atoms with Crippen molar-refractivity contribution in [2.75, 3.05) is 24.5 Å². The first kappa shape index (κ1) is 19.6. The molecule has 3 fully saturated rings. The van der Waals surface area contributed by atoms with Gasteiger partial charge < -0.3 is 14.8 Å². The Hall–Kier alpha value is -3.32. The monoisotopic (exact) mass is 419 g/mol. The SMILES string of the molecule is O=C(O)c1ccc(CN(C(=O)O[C@H]2CN3CCC2CC3)c2cccc3cc[nH]c23)cc1. The van der Waals surface area contributed by atoms with Gasteiger partial charge in [0, 0.05) is 18.1 Å². The summed E-state index contributed by atoms with van der Waals surface area (Å²) in [7, 11) is 0. The molecule has 0 radical (unpaired) electrons. The van der Waals surface area contributed by atoms with Gasteiger partial charge in [0.25, 0.3) is 0 Å². The zero-order chi connectivity index (χ0) is 21.4. The van der Waals surface area contributed by atoms with Crippen LogP contribution in [0.3, 0.4) is 0 Å². The third-order valence-electron chi connectivity index (χ3n) is 6.47. The quantitative estimate of drug-likeness (QED) is 0.650. The molecule has 1 atom stereocenters. The number of aromatic carboxylic acids is 1. The highest BCUT2D eigenvalue weighted by molar-refractivity contribution is 5.99. The number of H-pyrrole nitrogens is 1. The molecule has 7 nitrogen and oxygen atoms in total. The molecule has 6 rings (SSSR count). The summed E-state index contributed by atoms with van der Waals surface area (Å²) >= 11 is 0. The summed E-state index contributed by atoms with van der Waals surface area (Å²) in [4.78, 5) is 31.8. The number of piperidine rings is 3. The Balaban J connectivity index is 1.44. The highest BCUT2D eigenvalue weighted by Gasteiger charge is 2.37. The Morgan fingerprint density at radius 3 is 2.55 bits per heavy atom. The second-order valence-corrected chi connectivity index (χ2v) is 8.37. The average Bonchev–Trinajstić information content (AvgIpc) is 3.28. The summed E-state index contributed by atoms with van der Waals surface area (Å²) in [6.45, 7) is 3.25. The van der Waals surface area contributed by atoms with Crippen LogP contribution in [0, 0.1) is 5.92 Å². The number of para-hydroxylation sites is 1. The van der Waals surface area contributed by atoms with E-state index in [4.69, 9.17) is 9.84 Å². The molecule has 31 heavy (non-hydrogen) atoms. The van der Waals surface area contributed by atoms with E-state index in [1.165, 1.54) is 0 Å². The van der Waals surface area contributed by atoms with Gasteiger partial charge in [0.2, 0.25) is 0 Å². The Bertz CT molecular complexity index is 1100. The fraction of sp³-hybridized carbons (Fsp3) is 0.333. The van der Waals surface area contributed by atoms with E-state index in [0.717, 1.165) is 54.6 Å². The van der Waals surface area contributed by atoms with E-state index in [9.17, 15) is 9.59 Å². The minimum absolute atomic E-state index is 0.0882. The lowest BCUT2D eigenvalue weighted by Gasteiger charge is -2.44. The van der Waals surface area contributed by atoms with Crippen LogP contribution in [0.5, 0.6) is 0 Å². The van der Waals surface area contributed by atoms with Gasteiger partial charge >= 0.3 is 12.1 Å². The molecule has 0 saturated carbocycles. The molecule has 4 heterocycles. The zero-order valence-electron chi connectivity index (χ0n) is 17.2. The largest absolute Gasteiger partial charge is 0.478 e. The smallest absolute Gasteiger partial charge is 0.414 e. The van der Waals surface area contributed by atoms with Gasteiger partial charge in [-0.05, 0) is 61.7 Å². The normalized spacial score (nSPS) is 22.4. The molecule has 3 aromatic rings. The van der Waals surface area contributed by atoms with Crippen LogP contribution in [0.2, 0.25) is 0 Å². The van der Waals surface area contributed by atoms with Crippen molar-refractivity contribution >= 4 is 28.7 Å². The second kappa shape index (κ2) is 8.07. The number of ether oxygens (including phenoxy) is 1. The third-order valence-corrected chi connectivity index (χ3v) is 6.47. The van der Waals surface area contributed by atoms with Crippen LogP contribution in [-0.4, -0.2) is 52.8 Å². The average molecular weight is 419 g/mol. The Morgan fingerprint density at radius 2 is 1.87 bits per heavy atom. The molecule has 1 aromatic heterocycles. The maximum Gasteiger partial charge on any atom is 0.414 e. The molecule has 0 unspecified atom stereocenters. The molecular weight excluding hydrogens is 394 g/mol. The molecule has 0 spiro atoms. The fourth-order valence-corrected chi connectivity index (χ4v) is 4.71.